The normalized spacial score (nSPS) is 18.1. The van der Waals surface area contributed by atoms with Crippen LogP contribution in [0.5, 0.6) is 5.75 Å². The molecule has 3 heterocycles. The standard InChI is InChI=1S/C23H31N7O4/c1-4-5-9-20-26-28-23(34-20)24-13-18-21(27-29-30(18)3)17-10-11-19(14(2)25-17)33-16-8-6-7-15(12-16)22(31)32/h10-11,15-16H,4-9,12-13H2,1-3H3,(H,24,28)(H,31,32)/t15-,16-/m0/s1. The minimum absolute atomic E-state index is 0.117. The third kappa shape index (κ3) is 5.52. The molecule has 182 valence electrons. The zero-order valence-electron chi connectivity index (χ0n) is 19.8. The molecule has 1 aliphatic carbocycles. The highest BCUT2D eigenvalue weighted by atomic mass is 16.5. The van der Waals surface area contributed by atoms with Gasteiger partial charge < -0.3 is 19.6 Å². The number of carboxylic acids is 1. The van der Waals surface area contributed by atoms with Gasteiger partial charge in [0.05, 0.1) is 35.6 Å². The average Bonchev–Trinajstić information content (AvgIpc) is 3.44. The maximum atomic E-state index is 11.3. The Balaban J connectivity index is 1.44. The van der Waals surface area contributed by atoms with Crippen LogP contribution in [-0.4, -0.2) is 47.4 Å². The highest BCUT2D eigenvalue weighted by Crippen LogP contribution is 2.30. The zero-order chi connectivity index (χ0) is 24.1. The van der Waals surface area contributed by atoms with Crippen molar-refractivity contribution >= 4 is 12.0 Å². The SMILES string of the molecule is CCCCc1nnc(NCc2c(-c3ccc(O[C@H]4CCC[C@H](C(=O)O)C4)c(C)n3)nnn2C)o1. The lowest BCUT2D eigenvalue weighted by molar-refractivity contribution is -0.143. The van der Waals surface area contributed by atoms with Crippen molar-refractivity contribution in [2.24, 2.45) is 13.0 Å². The summed E-state index contributed by atoms with van der Waals surface area (Å²) in [6.45, 7) is 4.39. The zero-order valence-corrected chi connectivity index (χ0v) is 19.8. The second kappa shape index (κ2) is 10.6. The number of aryl methyl sites for hydroxylation is 3. The number of hydrogen-bond donors (Lipinski definition) is 2. The van der Waals surface area contributed by atoms with Crippen LogP contribution in [0.3, 0.4) is 0 Å². The lowest BCUT2D eigenvalue weighted by Crippen LogP contribution is -2.29. The number of carbonyl (C=O) groups is 1. The lowest BCUT2D eigenvalue weighted by Gasteiger charge is -2.27. The first kappa shape index (κ1) is 23.7. The Kier molecular flexibility index (Phi) is 7.39. The molecule has 0 amide bonds. The number of anilines is 1. The van der Waals surface area contributed by atoms with E-state index in [2.05, 4.69) is 32.7 Å². The molecule has 1 fully saturated rings. The van der Waals surface area contributed by atoms with Crippen molar-refractivity contribution in [2.75, 3.05) is 5.32 Å². The molecular formula is C23H31N7O4. The maximum Gasteiger partial charge on any atom is 0.315 e. The van der Waals surface area contributed by atoms with E-state index in [1.165, 1.54) is 0 Å². The fourth-order valence-electron chi connectivity index (χ4n) is 4.15. The summed E-state index contributed by atoms with van der Waals surface area (Å²) in [6, 6.07) is 4.08. The van der Waals surface area contributed by atoms with Gasteiger partial charge in [-0.15, -0.1) is 10.2 Å². The Hall–Kier alpha value is -3.50. The predicted octanol–water partition coefficient (Wildman–Crippen LogP) is 3.55. The largest absolute Gasteiger partial charge is 0.489 e. The van der Waals surface area contributed by atoms with Gasteiger partial charge >= 0.3 is 12.0 Å². The van der Waals surface area contributed by atoms with Gasteiger partial charge in [0.25, 0.3) is 0 Å². The molecular weight excluding hydrogens is 438 g/mol. The highest BCUT2D eigenvalue weighted by Gasteiger charge is 2.28. The minimum Gasteiger partial charge on any atom is -0.489 e. The van der Waals surface area contributed by atoms with Gasteiger partial charge in [0.2, 0.25) is 5.89 Å². The van der Waals surface area contributed by atoms with E-state index in [1.54, 1.807) is 4.68 Å². The monoisotopic (exact) mass is 469 g/mol. The van der Waals surface area contributed by atoms with Crippen molar-refractivity contribution in [3.63, 3.8) is 0 Å². The lowest BCUT2D eigenvalue weighted by atomic mass is 9.87. The number of hydrogen-bond acceptors (Lipinski definition) is 9. The van der Waals surface area contributed by atoms with Crippen LogP contribution in [0.2, 0.25) is 0 Å². The van der Waals surface area contributed by atoms with Crippen molar-refractivity contribution in [2.45, 2.75) is 71.4 Å². The number of rotatable bonds is 10. The van der Waals surface area contributed by atoms with Crippen LogP contribution in [0.4, 0.5) is 6.01 Å². The molecule has 1 saturated carbocycles. The van der Waals surface area contributed by atoms with Crippen molar-refractivity contribution < 1.29 is 19.1 Å². The van der Waals surface area contributed by atoms with Crippen LogP contribution in [0.15, 0.2) is 16.5 Å². The van der Waals surface area contributed by atoms with E-state index in [0.29, 0.717) is 48.4 Å². The second-order valence-corrected chi connectivity index (χ2v) is 8.69. The first-order chi connectivity index (χ1) is 16.4. The van der Waals surface area contributed by atoms with Crippen molar-refractivity contribution in [3.05, 3.63) is 29.4 Å². The molecule has 0 aromatic carbocycles. The van der Waals surface area contributed by atoms with Gasteiger partial charge in [0, 0.05) is 13.5 Å². The number of aromatic nitrogens is 6. The van der Waals surface area contributed by atoms with Crippen LogP contribution in [0.25, 0.3) is 11.4 Å². The van der Waals surface area contributed by atoms with Crippen LogP contribution >= 0.6 is 0 Å². The summed E-state index contributed by atoms with van der Waals surface area (Å²) >= 11 is 0. The molecule has 0 bridgehead atoms. The predicted molar refractivity (Wildman–Crippen MR) is 123 cm³/mol. The van der Waals surface area contributed by atoms with Crippen molar-refractivity contribution in [1.82, 2.24) is 30.2 Å². The summed E-state index contributed by atoms with van der Waals surface area (Å²) in [7, 11) is 1.82. The second-order valence-electron chi connectivity index (χ2n) is 8.69. The molecule has 0 spiro atoms. The summed E-state index contributed by atoms with van der Waals surface area (Å²) in [6.07, 6.45) is 5.64. The molecule has 2 N–H and O–H groups in total. The summed E-state index contributed by atoms with van der Waals surface area (Å²) in [5.74, 6) is 0.185. The molecule has 34 heavy (non-hydrogen) atoms. The first-order valence-electron chi connectivity index (χ1n) is 11.8. The Morgan fingerprint density at radius 2 is 2.15 bits per heavy atom. The van der Waals surface area contributed by atoms with Gasteiger partial charge in [-0.05, 0) is 51.2 Å². The topological polar surface area (TPSA) is 141 Å². The van der Waals surface area contributed by atoms with Crippen LogP contribution in [0, 0.1) is 12.8 Å². The van der Waals surface area contributed by atoms with Crippen molar-refractivity contribution in [3.8, 4) is 17.1 Å². The Morgan fingerprint density at radius 1 is 1.29 bits per heavy atom. The summed E-state index contributed by atoms with van der Waals surface area (Å²) < 4.78 is 13.5. The average molecular weight is 470 g/mol. The van der Waals surface area contributed by atoms with Gasteiger partial charge in [-0.2, -0.15) is 0 Å². The maximum absolute atomic E-state index is 11.3. The molecule has 4 rings (SSSR count). The first-order valence-corrected chi connectivity index (χ1v) is 11.8. The molecule has 0 aliphatic heterocycles. The number of nitrogens with one attached hydrogen (secondary N) is 1. The van der Waals surface area contributed by atoms with Gasteiger partial charge in [0.1, 0.15) is 11.4 Å². The molecule has 3 aromatic heterocycles. The van der Waals surface area contributed by atoms with E-state index in [1.807, 2.05) is 26.1 Å². The number of aliphatic carboxylic acids is 1. The van der Waals surface area contributed by atoms with E-state index in [0.717, 1.165) is 43.5 Å². The minimum atomic E-state index is -0.750. The van der Waals surface area contributed by atoms with Gasteiger partial charge in [-0.3, -0.25) is 4.79 Å². The van der Waals surface area contributed by atoms with E-state index >= 15 is 0 Å². The molecule has 11 heteroatoms. The molecule has 0 radical (unpaired) electrons. The van der Waals surface area contributed by atoms with E-state index in [9.17, 15) is 9.90 Å². The number of carboxylic acid groups (broad SMARTS) is 1. The van der Waals surface area contributed by atoms with Crippen molar-refractivity contribution in [1.29, 1.82) is 0 Å². The smallest absolute Gasteiger partial charge is 0.315 e. The third-order valence-electron chi connectivity index (χ3n) is 6.11. The van der Waals surface area contributed by atoms with E-state index in [-0.39, 0.29) is 12.0 Å². The molecule has 1 aliphatic rings. The summed E-state index contributed by atoms with van der Waals surface area (Å²) in [5.41, 5.74) is 2.87. The molecule has 0 saturated heterocycles. The molecule has 11 nitrogen and oxygen atoms in total. The summed E-state index contributed by atoms with van der Waals surface area (Å²) in [4.78, 5) is 16.0. The van der Waals surface area contributed by atoms with E-state index in [4.69, 9.17) is 14.1 Å². The molecule has 0 unspecified atom stereocenters. The number of ether oxygens (including phenoxy) is 1. The Labute approximate surface area is 197 Å². The third-order valence-corrected chi connectivity index (χ3v) is 6.11. The fourth-order valence-corrected chi connectivity index (χ4v) is 4.15. The fraction of sp³-hybridized carbons (Fsp3) is 0.565. The van der Waals surface area contributed by atoms with Crippen LogP contribution < -0.4 is 10.1 Å². The van der Waals surface area contributed by atoms with Gasteiger partial charge in [-0.1, -0.05) is 23.7 Å². The Bertz CT molecular complexity index is 1130. The van der Waals surface area contributed by atoms with Crippen LogP contribution in [0.1, 0.15) is 62.7 Å². The van der Waals surface area contributed by atoms with Gasteiger partial charge in [0.15, 0.2) is 0 Å². The van der Waals surface area contributed by atoms with E-state index < -0.39 is 5.97 Å². The highest BCUT2D eigenvalue weighted by molar-refractivity contribution is 5.70. The number of pyridine rings is 1. The Morgan fingerprint density at radius 3 is 2.91 bits per heavy atom. The van der Waals surface area contributed by atoms with Crippen LogP contribution in [-0.2, 0) is 24.8 Å². The summed E-state index contributed by atoms with van der Waals surface area (Å²) in [5, 5.41) is 29.0. The number of unbranched alkanes of at least 4 members (excludes halogenated alkanes) is 1. The van der Waals surface area contributed by atoms with Gasteiger partial charge in [-0.25, -0.2) is 9.67 Å². The molecule has 2 atom stereocenters. The number of nitrogens with zero attached hydrogens (tertiary/aromatic N) is 6. The molecule has 3 aromatic rings. The quantitative estimate of drug-likeness (QED) is 0.453.